The molecule has 1 amide bonds. The Hall–Kier alpha value is -1.52. The van der Waals surface area contributed by atoms with Gasteiger partial charge in [-0.2, -0.15) is 0 Å². The second kappa shape index (κ2) is 6.05. The Kier molecular flexibility index (Phi) is 5.34. The van der Waals surface area contributed by atoms with E-state index >= 15 is 0 Å². The third kappa shape index (κ3) is 8.39. The highest BCUT2D eigenvalue weighted by Crippen LogP contribution is 1.75. The van der Waals surface area contributed by atoms with E-state index in [1.165, 1.54) is 6.20 Å². The fourth-order valence-corrected chi connectivity index (χ4v) is 0.655. The van der Waals surface area contributed by atoms with Gasteiger partial charge in [-0.3, -0.25) is 4.79 Å². The van der Waals surface area contributed by atoms with Gasteiger partial charge in [0.05, 0.1) is 6.54 Å². The maximum absolute atomic E-state index is 10.9. The third-order valence-corrected chi connectivity index (χ3v) is 1.06. The number of hydrogen-bond acceptors (Lipinski definition) is 3. The molecular formula is C8H14N2O3. The van der Waals surface area contributed by atoms with Crippen LogP contribution in [-0.4, -0.2) is 29.6 Å². The summed E-state index contributed by atoms with van der Waals surface area (Å²) in [5, 5.41) is 13.4. The van der Waals surface area contributed by atoms with E-state index in [-0.39, 0.29) is 18.5 Å². The summed E-state index contributed by atoms with van der Waals surface area (Å²) in [5.74, 6) is -1.21. The molecule has 0 aromatic rings. The van der Waals surface area contributed by atoms with E-state index in [1.807, 2.05) is 13.8 Å². The Labute approximate surface area is 76.8 Å². The predicted molar refractivity (Wildman–Crippen MR) is 48.1 cm³/mol. The first-order valence-electron chi connectivity index (χ1n) is 3.94. The standard InChI is InChI=1S/C8H14N2O3/c1-6(2)10-7(11)5-9-4-3-8(12)13/h3-4,6,9H,5H2,1-2H3,(H,10,11)(H,12,13)/b4-3+. The zero-order valence-corrected chi connectivity index (χ0v) is 7.70. The normalized spacial score (nSPS) is 10.4. The summed E-state index contributed by atoms with van der Waals surface area (Å²) in [4.78, 5) is 20.9. The molecule has 0 atom stereocenters. The van der Waals surface area contributed by atoms with Crippen molar-refractivity contribution in [2.45, 2.75) is 19.9 Å². The molecule has 13 heavy (non-hydrogen) atoms. The lowest BCUT2D eigenvalue weighted by Crippen LogP contribution is -2.36. The molecule has 0 unspecified atom stereocenters. The average molecular weight is 186 g/mol. The van der Waals surface area contributed by atoms with Crippen LogP contribution < -0.4 is 10.6 Å². The number of amides is 1. The van der Waals surface area contributed by atoms with Crippen molar-refractivity contribution in [3.63, 3.8) is 0 Å². The molecule has 0 bridgehead atoms. The summed E-state index contributed by atoms with van der Waals surface area (Å²) >= 11 is 0. The van der Waals surface area contributed by atoms with E-state index in [4.69, 9.17) is 5.11 Å². The molecule has 5 nitrogen and oxygen atoms in total. The molecule has 0 aromatic carbocycles. The maximum Gasteiger partial charge on any atom is 0.329 e. The van der Waals surface area contributed by atoms with Gasteiger partial charge in [0.25, 0.3) is 0 Å². The molecule has 0 aliphatic heterocycles. The van der Waals surface area contributed by atoms with Crippen LogP contribution in [0.3, 0.4) is 0 Å². The van der Waals surface area contributed by atoms with Gasteiger partial charge >= 0.3 is 5.97 Å². The van der Waals surface area contributed by atoms with Crippen molar-refractivity contribution in [2.24, 2.45) is 0 Å². The molecule has 74 valence electrons. The molecule has 0 heterocycles. The molecule has 0 aliphatic carbocycles. The molecular weight excluding hydrogens is 172 g/mol. The van der Waals surface area contributed by atoms with Crippen LogP contribution in [0.15, 0.2) is 12.3 Å². The van der Waals surface area contributed by atoms with Gasteiger partial charge < -0.3 is 15.7 Å². The molecule has 0 aromatic heterocycles. The number of carboxylic acid groups (broad SMARTS) is 1. The van der Waals surface area contributed by atoms with Crippen LogP contribution in [0.1, 0.15) is 13.8 Å². The van der Waals surface area contributed by atoms with E-state index in [0.29, 0.717) is 0 Å². The van der Waals surface area contributed by atoms with Gasteiger partial charge in [0.15, 0.2) is 0 Å². The predicted octanol–water partition coefficient (Wildman–Crippen LogP) is -0.301. The fourth-order valence-electron chi connectivity index (χ4n) is 0.655. The number of rotatable bonds is 5. The lowest BCUT2D eigenvalue weighted by atomic mass is 10.4. The Morgan fingerprint density at radius 3 is 2.54 bits per heavy atom. The molecule has 5 heteroatoms. The van der Waals surface area contributed by atoms with Crippen molar-refractivity contribution < 1.29 is 14.7 Å². The van der Waals surface area contributed by atoms with Crippen molar-refractivity contribution in [1.82, 2.24) is 10.6 Å². The lowest BCUT2D eigenvalue weighted by molar-refractivity contribution is -0.131. The van der Waals surface area contributed by atoms with E-state index in [2.05, 4.69) is 10.6 Å². The van der Waals surface area contributed by atoms with Crippen molar-refractivity contribution in [3.8, 4) is 0 Å². The Bertz CT molecular complexity index is 211. The van der Waals surface area contributed by atoms with E-state index < -0.39 is 5.97 Å². The minimum Gasteiger partial charge on any atom is -0.478 e. The summed E-state index contributed by atoms with van der Waals surface area (Å²) in [6, 6.07) is 0.0951. The zero-order valence-electron chi connectivity index (χ0n) is 7.70. The van der Waals surface area contributed by atoms with Crippen LogP contribution in [0.2, 0.25) is 0 Å². The number of aliphatic carboxylic acids is 1. The minimum atomic E-state index is -1.04. The molecule has 3 N–H and O–H groups in total. The van der Waals surface area contributed by atoms with Crippen LogP contribution in [0.5, 0.6) is 0 Å². The van der Waals surface area contributed by atoms with Gasteiger partial charge in [-0.1, -0.05) is 0 Å². The number of carboxylic acids is 1. The van der Waals surface area contributed by atoms with Gasteiger partial charge in [0, 0.05) is 18.3 Å². The van der Waals surface area contributed by atoms with Crippen molar-refractivity contribution >= 4 is 11.9 Å². The smallest absolute Gasteiger partial charge is 0.329 e. The first kappa shape index (κ1) is 11.5. The topological polar surface area (TPSA) is 78.4 Å². The molecule has 0 aliphatic rings. The Morgan fingerprint density at radius 2 is 2.08 bits per heavy atom. The van der Waals surface area contributed by atoms with Gasteiger partial charge in [0.2, 0.25) is 5.91 Å². The van der Waals surface area contributed by atoms with E-state index in [1.54, 1.807) is 0 Å². The summed E-state index contributed by atoms with van der Waals surface area (Å²) in [6.07, 6.45) is 2.16. The van der Waals surface area contributed by atoms with Crippen LogP contribution in [-0.2, 0) is 9.59 Å². The summed E-state index contributed by atoms with van der Waals surface area (Å²) in [6.45, 7) is 3.79. The summed E-state index contributed by atoms with van der Waals surface area (Å²) in [7, 11) is 0. The molecule has 0 rings (SSSR count). The SMILES string of the molecule is CC(C)NC(=O)CN/C=C/C(=O)O. The van der Waals surface area contributed by atoms with Gasteiger partial charge in [0.1, 0.15) is 0 Å². The zero-order chi connectivity index (χ0) is 10.3. The number of nitrogens with one attached hydrogen (secondary N) is 2. The second-order valence-corrected chi connectivity index (χ2v) is 2.77. The second-order valence-electron chi connectivity index (χ2n) is 2.77. The summed E-state index contributed by atoms with van der Waals surface area (Å²) in [5.41, 5.74) is 0. The monoisotopic (exact) mass is 186 g/mol. The quantitative estimate of drug-likeness (QED) is 0.515. The number of carbonyl (C=O) groups excluding carboxylic acids is 1. The largest absolute Gasteiger partial charge is 0.478 e. The molecule has 0 radical (unpaired) electrons. The minimum absolute atomic E-state index is 0.0853. The highest BCUT2D eigenvalue weighted by Gasteiger charge is 1.99. The highest BCUT2D eigenvalue weighted by atomic mass is 16.4. The van der Waals surface area contributed by atoms with Crippen LogP contribution >= 0.6 is 0 Å². The van der Waals surface area contributed by atoms with Crippen LogP contribution in [0.4, 0.5) is 0 Å². The van der Waals surface area contributed by atoms with Crippen molar-refractivity contribution in [3.05, 3.63) is 12.3 Å². The van der Waals surface area contributed by atoms with Crippen molar-refractivity contribution in [2.75, 3.05) is 6.54 Å². The molecule has 0 saturated heterocycles. The van der Waals surface area contributed by atoms with Crippen LogP contribution in [0.25, 0.3) is 0 Å². The first-order valence-corrected chi connectivity index (χ1v) is 3.94. The van der Waals surface area contributed by atoms with Gasteiger partial charge in [-0.05, 0) is 13.8 Å². The average Bonchev–Trinajstić information content (AvgIpc) is 1.96. The van der Waals surface area contributed by atoms with E-state index in [9.17, 15) is 9.59 Å². The van der Waals surface area contributed by atoms with Gasteiger partial charge in [-0.15, -0.1) is 0 Å². The van der Waals surface area contributed by atoms with Gasteiger partial charge in [-0.25, -0.2) is 4.79 Å². The molecule has 0 fully saturated rings. The number of carbonyl (C=O) groups is 2. The third-order valence-electron chi connectivity index (χ3n) is 1.06. The van der Waals surface area contributed by atoms with Crippen molar-refractivity contribution in [1.29, 1.82) is 0 Å². The first-order chi connectivity index (χ1) is 6.02. The molecule has 0 spiro atoms. The highest BCUT2D eigenvalue weighted by molar-refractivity contribution is 5.80. The Balaban J connectivity index is 3.53. The van der Waals surface area contributed by atoms with Crippen LogP contribution in [0, 0.1) is 0 Å². The fraction of sp³-hybridized carbons (Fsp3) is 0.500. The molecule has 0 saturated carbocycles. The Morgan fingerprint density at radius 1 is 1.46 bits per heavy atom. The lowest BCUT2D eigenvalue weighted by Gasteiger charge is -2.07. The maximum atomic E-state index is 10.9. The summed E-state index contributed by atoms with van der Waals surface area (Å²) < 4.78 is 0. The number of hydrogen-bond donors (Lipinski definition) is 3. The van der Waals surface area contributed by atoms with E-state index in [0.717, 1.165) is 6.08 Å².